The minimum absolute atomic E-state index is 0.158. The quantitative estimate of drug-likeness (QED) is 0.620. The zero-order valence-corrected chi connectivity index (χ0v) is 10.1. The molecule has 1 aliphatic rings. The van der Waals surface area contributed by atoms with E-state index in [-0.39, 0.29) is 5.91 Å². The lowest BCUT2D eigenvalue weighted by Gasteiger charge is -2.25. The van der Waals surface area contributed by atoms with Crippen LogP contribution in [-0.2, 0) is 4.79 Å². The molecule has 16 heavy (non-hydrogen) atoms. The van der Waals surface area contributed by atoms with Gasteiger partial charge in [-0.15, -0.1) is 12.3 Å². The van der Waals surface area contributed by atoms with Gasteiger partial charge in [0.1, 0.15) is 0 Å². The molecular weight excluding hydrogens is 202 g/mol. The third-order valence-electron chi connectivity index (χ3n) is 3.06. The van der Waals surface area contributed by atoms with Crippen LogP contribution in [0.5, 0.6) is 0 Å². The predicted molar refractivity (Wildman–Crippen MR) is 64.7 cm³/mol. The molecule has 0 spiro atoms. The Morgan fingerprint density at radius 2 is 2.31 bits per heavy atom. The third-order valence-corrected chi connectivity index (χ3v) is 3.06. The molecule has 1 rings (SSSR count). The van der Waals surface area contributed by atoms with Crippen molar-refractivity contribution in [2.45, 2.75) is 44.3 Å². The van der Waals surface area contributed by atoms with Crippen LogP contribution < -0.4 is 11.1 Å². The van der Waals surface area contributed by atoms with Crippen molar-refractivity contribution in [1.82, 2.24) is 10.2 Å². The number of nitrogens with zero attached hydrogens (tertiary/aromatic N) is 1. The monoisotopic (exact) mass is 223 g/mol. The summed E-state index contributed by atoms with van der Waals surface area (Å²) in [5.41, 5.74) is 5.59. The van der Waals surface area contributed by atoms with Gasteiger partial charge in [-0.05, 0) is 26.8 Å². The van der Waals surface area contributed by atoms with E-state index in [0.29, 0.717) is 25.0 Å². The van der Waals surface area contributed by atoms with Gasteiger partial charge in [0.15, 0.2) is 0 Å². The Hall–Kier alpha value is -1.05. The van der Waals surface area contributed by atoms with Gasteiger partial charge in [-0.3, -0.25) is 9.69 Å². The first-order valence-corrected chi connectivity index (χ1v) is 5.75. The third kappa shape index (κ3) is 3.84. The van der Waals surface area contributed by atoms with Gasteiger partial charge in [0.2, 0.25) is 5.91 Å². The van der Waals surface area contributed by atoms with Gasteiger partial charge in [-0.1, -0.05) is 0 Å². The second-order valence-corrected chi connectivity index (χ2v) is 4.51. The lowest BCUT2D eigenvalue weighted by Crippen LogP contribution is -2.46. The molecule has 0 radical (unpaired) electrons. The van der Waals surface area contributed by atoms with Gasteiger partial charge < -0.3 is 11.1 Å². The molecule has 4 heteroatoms. The van der Waals surface area contributed by atoms with Crippen LogP contribution in [-0.4, -0.2) is 42.5 Å². The van der Waals surface area contributed by atoms with Crippen LogP contribution in [0, 0.1) is 12.3 Å². The number of likely N-dealkylation sites (N-methyl/N-ethyl adjacent to an activating group) is 1. The van der Waals surface area contributed by atoms with Gasteiger partial charge in [0, 0.05) is 25.0 Å². The molecule has 0 heterocycles. The maximum Gasteiger partial charge on any atom is 0.237 e. The number of rotatable bonds is 6. The fraction of sp³-hybridized carbons (Fsp3) is 0.750. The molecule has 4 nitrogen and oxygen atoms in total. The molecule has 0 aromatic heterocycles. The van der Waals surface area contributed by atoms with E-state index in [2.05, 4.69) is 30.1 Å². The Bertz CT molecular complexity index is 280. The first kappa shape index (κ1) is 13.0. The predicted octanol–water partition coefficient (Wildman–Crippen LogP) is -0.0641. The molecule has 90 valence electrons. The van der Waals surface area contributed by atoms with Gasteiger partial charge in [-0.25, -0.2) is 0 Å². The van der Waals surface area contributed by atoms with Crippen LogP contribution in [0.2, 0.25) is 0 Å². The minimum Gasteiger partial charge on any atom is -0.353 e. The van der Waals surface area contributed by atoms with E-state index in [9.17, 15) is 4.79 Å². The van der Waals surface area contributed by atoms with Crippen LogP contribution in [0.4, 0.5) is 0 Å². The SMILES string of the molecule is C#CCC(N)C(=O)NCC(C)N(C)C1CC1. The fourth-order valence-corrected chi connectivity index (χ4v) is 1.58. The van der Waals surface area contributed by atoms with E-state index < -0.39 is 6.04 Å². The normalized spacial score (nSPS) is 18.9. The van der Waals surface area contributed by atoms with Gasteiger partial charge in [0.05, 0.1) is 6.04 Å². The van der Waals surface area contributed by atoms with E-state index in [1.807, 2.05) is 0 Å². The highest BCUT2D eigenvalue weighted by atomic mass is 16.2. The van der Waals surface area contributed by atoms with Crippen LogP contribution in [0.1, 0.15) is 26.2 Å². The number of carbonyl (C=O) groups excluding carboxylic acids is 1. The second kappa shape index (κ2) is 5.88. The first-order valence-electron chi connectivity index (χ1n) is 5.75. The Morgan fingerprint density at radius 3 is 2.81 bits per heavy atom. The Morgan fingerprint density at radius 1 is 1.69 bits per heavy atom. The minimum atomic E-state index is -0.580. The van der Waals surface area contributed by atoms with Crippen LogP contribution in [0.3, 0.4) is 0 Å². The molecule has 2 atom stereocenters. The second-order valence-electron chi connectivity index (χ2n) is 4.51. The highest BCUT2D eigenvalue weighted by molar-refractivity contribution is 5.81. The topological polar surface area (TPSA) is 58.4 Å². The summed E-state index contributed by atoms with van der Waals surface area (Å²) in [6, 6.07) is 0.462. The summed E-state index contributed by atoms with van der Waals surface area (Å²) in [5.74, 6) is 2.23. The van der Waals surface area contributed by atoms with Crippen molar-refractivity contribution < 1.29 is 4.79 Å². The van der Waals surface area contributed by atoms with Crippen molar-refractivity contribution in [2.24, 2.45) is 5.73 Å². The molecule has 0 saturated heterocycles. The molecule has 1 amide bonds. The molecule has 1 fully saturated rings. The van der Waals surface area contributed by atoms with E-state index in [4.69, 9.17) is 12.2 Å². The van der Waals surface area contributed by atoms with Crippen LogP contribution >= 0.6 is 0 Å². The van der Waals surface area contributed by atoms with Gasteiger partial charge >= 0.3 is 0 Å². The Balaban J connectivity index is 2.22. The molecule has 0 bridgehead atoms. The molecule has 1 saturated carbocycles. The summed E-state index contributed by atoms with van der Waals surface area (Å²) in [4.78, 5) is 13.8. The lowest BCUT2D eigenvalue weighted by atomic mass is 10.2. The molecule has 0 aromatic rings. The molecule has 2 unspecified atom stereocenters. The maximum absolute atomic E-state index is 11.5. The molecule has 0 aromatic carbocycles. The van der Waals surface area contributed by atoms with Crippen molar-refractivity contribution in [1.29, 1.82) is 0 Å². The van der Waals surface area contributed by atoms with Gasteiger partial charge in [0.25, 0.3) is 0 Å². The lowest BCUT2D eigenvalue weighted by molar-refractivity contribution is -0.122. The number of hydrogen-bond donors (Lipinski definition) is 2. The number of terminal acetylenes is 1. The zero-order chi connectivity index (χ0) is 12.1. The number of amides is 1. The number of nitrogens with two attached hydrogens (primary N) is 1. The van der Waals surface area contributed by atoms with Crippen molar-refractivity contribution in [3.8, 4) is 12.3 Å². The first-order chi connectivity index (χ1) is 7.56. The van der Waals surface area contributed by atoms with Crippen molar-refractivity contribution in [3.63, 3.8) is 0 Å². The average Bonchev–Trinajstić information content (AvgIpc) is 3.08. The fourth-order valence-electron chi connectivity index (χ4n) is 1.58. The summed E-state index contributed by atoms with van der Waals surface area (Å²) < 4.78 is 0. The summed E-state index contributed by atoms with van der Waals surface area (Å²) in [6.07, 6.45) is 7.93. The largest absolute Gasteiger partial charge is 0.353 e. The smallest absolute Gasteiger partial charge is 0.237 e. The highest BCUT2D eigenvalue weighted by Gasteiger charge is 2.29. The zero-order valence-electron chi connectivity index (χ0n) is 10.1. The van der Waals surface area contributed by atoms with Crippen LogP contribution in [0.15, 0.2) is 0 Å². The maximum atomic E-state index is 11.5. The van der Waals surface area contributed by atoms with Crippen molar-refractivity contribution in [2.75, 3.05) is 13.6 Å². The summed E-state index contributed by atoms with van der Waals surface area (Å²) in [7, 11) is 2.09. The Kier molecular flexibility index (Phi) is 4.78. The van der Waals surface area contributed by atoms with Gasteiger partial charge in [-0.2, -0.15) is 0 Å². The molecule has 0 aliphatic heterocycles. The molecular formula is C12H21N3O. The van der Waals surface area contributed by atoms with E-state index in [1.54, 1.807) is 0 Å². The summed E-state index contributed by atoms with van der Waals surface area (Å²) in [5, 5.41) is 2.83. The highest BCUT2D eigenvalue weighted by Crippen LogP contribution is 2.26. The van der Waals surface area contributed by atoms with E-state index >= 15 is 0 Å². The van der Waals surface area contributed by atoms with E-state index in [0.717, 1.165) is 0 Å². The van der Waals surface area contributed by atoms with E-state index in [1.165, 1.54) is 12.8 Å². The summed E-state index contributed by atoms with van der Waals surface area (Å²) >= 11 is 0. The Labute approximate surface area is 97.6 Å². The average molecular weight is 223 g/mol. The number of hydrogen-bond acceptors (Lipinski definition) is 3. The molecule has 3 N–H and O–H groups in total. The van der Waals surface area contributed by atoms with Crippen molar-refractivity contribution in [3.05, 3.63) is 0 Å². The van der Waals surface area contributed by atoms with Crippen molar-refractivity contribution >= 4 is 5.91 Å². The molecule has 1 aliphatic carbocycles. The standard InChI is InChI=1S/C12H21N3O/c1-4-5-11(13)12(16)14-8-9(2)15(3)10-6-7-10/h1,9-11H,5-8,13H2,2-3H3,(H,14,16). The number of nitrogens with one attached hydrogen (secondary N) is 1. The number of carbonyl (C=O) groups is 1. The summed E-state index contributed by atoms with van der Waals surface area (Å²) in [6.45, 7) is 2.73. The van der Waals surface area contributed by atoms with Crippen LogP contribution in [0.25, 0.3) is 0 Å².